The van der Waals surface area contributed by atoms with E-state index >= 15 is 0 Å². The van der Waals surface area contributed by atoms with Crippen molar-refractivity contribution >= 4 is 69.7 Å². The molecule has 4 amide bonds. The number of benzene rings is 3. The Bertz CT molecular complexity index is 3450. The number of hydrogen-bond acceptors (Lipinski definition) is 22. The van der Waals surface area contributed by atoms with Crippen LogP contribution in [0.1, 0.15) is 136 Å². The number of methoxy groups -OCH3 is 1. The number of aromatic hydroxyl groups is 2. The van der Waals surface area contributed by atoms with E-state index < -0.39 is 131 Å². The molecular weight excluding hydrogens is 1100 g/mol. The quantitative estimate of drug-likeness (QED) is 0.0276. The van der Waals surface area contributed by atoms with Crippen LogP contribution in [0.5, 0.6) is 17.2 Å². The maximum absolute atomic E-state index is 14.0. The van der Waals surface area contributed by atoms with Gasteiger partial charge in [0.05, 0.1) is 60.5 Å². The van der Waals surface area contributed by atoms with Crippen molar-refractivity contribution in [3.8, 4) is 17.2 Å². The van der Waals surface area contributed by atoms with E-state index in [2.05, 4.69) is 46.5 Å². The van der Waals surface area contributed by atoms with Crippen LogP contribution in [-0.4, -0.2) is 161 Å². The van der Waals surface area contributed by atoms with Gasteiger partial charge in [-0.3, -0.25) is 43.3 Å². The Morgan fingerprint density at radius 2 is 1.56 bits per heavy atom. The number of phenolic OH excluding ortho intramolecular Hbond substituents is 2. The second kappa shape index (κ2) is 26.5. The predicted octanol–water partition coefficient (Wildman–Crippen LogP) is 0.616. The number of aromatic nitrogens is 4. The normalized spacial score (nSPS) is 20.1. The Morgan fingerprint density at radius 3 is 2.24 bits per heavy atom. The average Bonchev–Trinajstić information content (AvgIpc) is 0.918. The van der Waals surface area contributed by atoms with Crippen molar-refractivity contribution in [2.24, 2.45) is 0 Å². The van der Waals surface area contributed by atoms with Gasteiger partial charge in [0.2, 0.25) is 29.5 Å². The van der Waals surface area contributed by atoms with Crippen molar-refractivity contribution in [1.82, 2.24) is 41.2 Å². The van der Waals surface area contributed by atoms with Crippen LogP contribution in [0, 0.1) is 0 Å². The number of ether oxygens (including phenoxy) is 3. The number of aromatic amines is 1. The number of hydrogen-bond donors (Lipinski definition) is 13. The van der Waals surface area contributed by atoms with Crippen molar-refractivity contribution in [2.45, 2.75) is 126 Å². The number of phenols is 2. The van der Waals surface area contributed by atoms with Crippen LogP contribution in [0.3, 0.4) is 0 Å². The van der Waals surface area contributed by atoms with Gasteiger partial charge in [-0.15, -0.1) is 0 Å². The number of rotatable bonds is 25. The number of amides is 4. The van der Waals surface area contributed by atoms with Crippen LogP contribution in [0.25, 0.3) is 11.2 Å². The average molecular weight is 1170 g/mol. The lowest BCUT2D eigenvalue weighted by molar-refractivity contribution is -0.249. The van der Waals surface area contributed by atoms with E-state index in [9.17, 15) is 73.8 Å². The van der Waals surface area contributed by atoms with Crippen LogP contribution < -0.4 is 42.6 Å². The molecule has 1 fully saturated rings. The highest BCUT2D eigenvalue weighted by molar-refractivity contribution is 6.31. The molecule has 0 unspecified atom stereocenters. The molecule has 0 saturated carbocycles. The molecular formula is C56H64N10O18. The number of nitrogens with one attached hydrogen (secondary N) is 6. The highest BCUT2D eigenvalue weighted by Crippen LogP contribution is 2.52. The van der Waals surface area contributed by atoms with Gasteiger partial charge in [0.1, 0.15) is 41.6 Å². The number of H-pyrrole nitrogens is 1. The zero-order valence-corrected chi connectivity index (χ0v) is 45.7. The summed E-state index contributed by atoms with van der Waals surface area (Å²) in [5.41, 5.74) is 2.06. The van der Waals surface area contributed by atoms with Gasteiger partial charge in [0.25, 0.3) is 11.5 Å². The monoisotopic (exact) mass is 1160 g/mol. The molecule has 84 heavy (non-hydrogen) atoms. The van der Waals surface area contributed by atoms with Crippen LogP contribution in [0.2, 0.25) is 0 Å². The minimum absolute atomic E-state index is 0.0196. The summed E-state index contributed by atoms with van der Waals surface area (Å²) in [5, 5.41) is 79.3. The summed E-state index contributed by atoms with van der Waals surface area (Å²) in [6.07, 6.45) is -3.09. The van der Waals surface area contributed by atoms with Crippen molar-refractivity contribution in [3.05, 3.63) is 104 Å². The second-order valence-electron chi connectivity index (χ2n) is 20.6. The number of aliphatic carboxylic acids is 1. The molecule has 3 aromatic carbocycles. The lowest BCUT2D eigenvalue weighted by Gasteiger charge is -2.43. The number of fused-ring (bicyclic) bond motifs is 4. The standard InChI is InChI=1S/C56H64N10O18/c1-26-46(72)33(20-40(83-26)84-35-22-56(81,36(68)25-67)21-31-42(35)50(76)44-43(48(31)74)47(73)30-8-7-9-34(82-2)41(30)49(44)75)63-39(71)11-6-4-3-5-10-37(69)58-18-19-59-38(70)17-16-32(54(79)80)64-52(77)27-12-14-28(15-13-27)60-23-29-24-61-51-45(62-29)53(78)66-55(57)65-51/h7-9,12-15,24,26,32-33,35,40,46,60,67,72,74,76,81H,3-6,10-11,16-23,25H2,1-2H3,(H,58,69)(H,59,70)(H,63,71)(H,64,77)(H,79,80)(H3,57,61,65,66,78)/t26-,32+,33-,35-,40-,46+,56-/m0/s1. The number of Topliss-reactive ketones (excluding diaryl/α,β-unsaturated/α-hetero) is 1. The molecule has 2 aliphatic carbocycles. The molecule has 5 aromatic rings. The first-order valence-corrected chi connectivity index (χ1v) is 27.1. The number of nitrogen functional groups attached to an aromatic ring is 1. The molecule has 14 N–H and O–H groups in total. The molecule has 28 heteroatoms. The van der Waals surface area contributed by atoms with Crippen molar-refractivity contribution in [3.63, 3.8) is 0 Å². The van der Waals surface area contributed by atoms with Crippen LogP contribution in [0.4, 0.5) is 11.6 Å². The largest absolute Gasteiger partial charge is 0.507 e. The molecule has 2 aromatic heterocycles. The summed E-state index contributed by atoms with van der Waals surface area (Å²) in [5.74, 6) is -7.51. The van der Waals surface area contributed by atoms with Gasteiger partial charge >= 0.3 is 5.97 Å². The topological polar surface area (TPSA) is 443 Å². The van der Waals surface area contributed by atoms with E-state index in [0.29, 0.717) is 37.1 Å². The molecule has 7 atom stereocenters. The molecule has 0 radical (unpaired) electrons. The Labute approximate surface area is 477 Å². The zero-order chi connectivity index (χ0) is 60.6. The minimum atomic E-state index is -2.38. The third kappa shape index (κ3) is 13.7. The highest BCUT2D eigenvalue weighted by Gasteiger charge is 2.50. The lowest BCUT2D eigenvalue weighted by atomic mass is 9.72. The van der Waals surface area contributed by atoms with Gasteiger partial charge in [0, 0.05) is 79.6 Å². The number of carboxylic acid groups (broad SMARTS) is 1. The van der Waals surface area contributed by atoms with Crippen molar-refractivity contribution in [2.75, 3.05) is 37.9 Å². The molecule has 0 bridgehead atoms. The maximum atomic E-state index is 14.0. The molecule has 1 saturated heterocycles. The Hall–Kier alpha value is -8.96. The first-order chi connectivity index (χ1) is 40.1. The third-order valence-electron chi connectivity index (χ3n) is 14.8. The van der Waals surface area contributed by atoms with E-state index in [4.69, 9.17) is 19.9 Å². The number of carboxylic acids is 1. The second-order valence-corrected chi connectivity index (χ2v) is 20.6. The van der Waals surface area contributed by atoms with E-state index in [-0.39, 0.29) is 108 Å². The number of unbranched alkanes of at least 4 members (excludes halogenated alkanes) is 3. The zero-order valence-electron chi connectivity index (χ0n) is 45.7. The Morgan fingerprint density at radius 1 is 0.881 bits per heavy atom. The smallest absolute Gasteiger partial charge is 0.326 e. The minimum Gasteiger partial charge on any atom is -0.507 e. The molecule has 8 rings (SSSR count). The molecule has 1 aliphatic heterocycles. The number of aliphatic hydroxyl groups is 3. The number of carbonyl (C=O) groups is 8. The van der Waals surface area contributed by atoms with Gasteiger partial charge in [-0.1, -0.05) is 25.0 Å². The van der Waals surface area contributed by atoms with E-state index in [1.54, 1.807) is 12.1 Å². The fraction of sp³-hybridized carbons (Fsp3) is 0.429. The van der Waals surface area contributed by atoms with Crippen molar-refractivity contribution < 1.29 is 83.2 Å². The van der Waals surface area contributed by atoms with E-state index in [1.807, 2.05) is 0 Å². The maximum Gasteiger partial charge on any atom is 0.326 e. The highest BCUT2D eigenvalue weighted by atomic mass is 16.7. The van der Waals surface area contributed by atoms with E-state index in [0.717, 1.165) is 0 Å². The number of carbonyl (C=O) groups excluding carboxylic acids is 7. The predicted molar refractivity (Wildman–Crippen MR) is 294 cm³/mol. The molecule has 446 valence electrons. The van der Waals surface area contributed by atoms with Gasteiger partial charge in [-0.25, -0.2) is 14.8 Å². The van der Waals surface area contributed by atoms with E-state index in [1.165, 1.54) is 50.6 Å². The summed E-state index contributed by atoms with van der Waals surface area (Å²) in [4.78, 5) is 131. The first kappa shape index (κ1) is 61.1. The van der Waals surface area contributed by atoms with Crippen LogP contribution in [-0.2, 0) is 46.4 Å². The van der Waals surface area contributed by atoms with Gasteiger partial charge in [-0.05, 0) is 56.5 Å². The molecule has 3 heterocycles. The summed E-state index contributed by atoms with van der Waals surface area (Å²) in [6.45, 7) is 0.747. The SMILES string of the molecule is COc1cccc2c1C(=O)c1c(O)c3c(c(O)c1C2=O)C[C@@](O)(C(=O)CO)C[C@@H]3O[C@H]1C[C@H](NC(=O)CCCCCCC(=O)NCCNC(=O)CC[C@@H](NC(=O)c2ccc(NCc3cnc4nc(N)[nH]c(=O)c4n3)cc2)C(=O)O)[C@H](O)[C@H](C)O1. The third-order valence-corrected chi connectivity index (χ3v) is 14.8. The van der Waals surface area contributed by atoms with Gasteiger partial charge < -0.3 is 77.2 Å². The molecule has 0 spiro atoms. The Kier molecular flexibility index (Phi) is 19.3. The molecule has 3 aliphatic rings. The Balaban J connectivity index is 0.729. The van der Waals surface area contributed by atoms with Crippen LogP contribution in [0.15, 0.2) is 53.5 Å². The summed E-state index contributed by atoms with van der Waals surface area (Å²) >= 11 is 0. The first-order valence-electron chi connectivity index (χ1n) is 27.1. The number of nitrogens with two attached hydrogens (primary N) is 1. The van der Waals surface area contributed by atoms with Crippen LogP contribution >= 0.6 is 0 Å². The summed E-state index contributed by atoms with van der Waals surface area (Å²) in [6, 6.07) is 8.08. The fourth-order valence-corrected chi connectivity index (χ4v) is 10.4. The number of aliphatic hydroxyl groups excluding tert-OH is 2. The lowest BCUT2D eigenvalue weighted by Crippen LogP contribution is -2.55. The fourth-order valence-electron chi connectivity index (χ4n) is 10.4. The number of anilines is 2. The summed E-state index contributed by atoms with van der Waals surface area (Å²) < 4.78 is 17.5. The van der Waals surface area contributed by atoms with Crippen molar-refractivity contribution in [1.29, 1.82) is 0 Å². The summed E-state index contributed by atoms with van der Waals surface area (Å²) in [7, 11) is 1.29. The number of nitrogens with zero attached hydrogens (tertiary/aromatic N) is 3. The number of ketones is 3. The molecule has 28 nitrogen and oxygen atoms in total. The van der Waals surface area contributed by atoms with Gasteiger partial charge in [-0.2, -0.15) is 4.98 Å². The van der Waals surface area contributed by atoms with Gasteiger partial charge in [0.15, 0.2) is 29.0 Å².